The Morgan fingerprint density at radius 2 is 2.10 bits per heavy atom. The van der Waals surface area contributed by atoms with Gasteiger partial charge in [-0.2, -0.15) is 0 Å². The van der Waals surface area contributed by atoms with E-state index in [9.17, 15) is 9.59 Å². The molecule has 5 heteroatoms. The Kier molecular flexibility index (Phi) is 7.79. The molecule has 1 aromatic carbocycles. The van der Waals surface area contributed by atoms with Gasteiger partial charge in [0.05, 0.1) is 0 Å². The smallest absolute Gasteiger partial charge is 0.330 e. The van der Waals surface area contributed by atoms with Gasteiger partial charge in [0.2, 0.25) is 6.41 Å². The molecular formula is C26H37NO4. The molecule has 31 heavy (non-hydrogen) atoms. The van der Waals surface area contributed by atoms with Gasteiger partial charge in [0.1, 0.15) is 23.6 Å². The average Bonchev–Trinajstić information content (AvgIpc) is 2.70. The van der Waals surface area contributed by atoms with E-state index in [1.54, 1.807) is 0 Å². The monoisotopic (exact) mass is 427 g/mol. The summed E-state index contributed by atoms with van der Waals surface area (Å²) < 4.78 is 12.4. The van der Waals surface area contributed by atoms with Gasteiger partial charge in [-0.15, -0.1) is 0 Å². The third-order valence-electron chi connectivity index (χ3n) is 6.50. The van der Waals surface area contributed by atoms with Gasteiger partial charge in [-0.05, 0) is 82.9 Å². The molecule has 2 atom stereocenters. The van der Waals surface area contributed by atoms with Gasteiger partial charge in [-0.1, -0.05) is 31.4 Å². The van der Waals surface area contributed by atoms with E-state index in [2.05, 4.69) is 45.2 Å². The Morgan fingerprint density at radius 1 is 1.29 bits per heavy atom. The first-order valence-electron chi connectivity index (χ1n) is 11.7. The first-order chi connectivity index (χ1) is 14.8. The van der Waals surface area contributed by atoms with Crippen LogP contribution in [0.25, 0.3) is 0 Å². The Morgan fingerprint density at radius 3 is 2.84 bits per heavy atom. The third-order valence-corrected chi connectivity index (χ3v) is 6.50. The van der Waals surface area contributed by atoms with Crippen molar-refractivity contribution >= 4 is 12.4 Å². The summed E-state index contributed by atoms with van der Waals surface area (Å²) in [4.78, 5) is 23.1. The van der Waals surface area contributed by atoms with Gasteiger partial charge in [-0.25, -0.2) is 4.79 Å². The second-order valence-corrected chi connectivity index (χ2v) is 9.67. The van der Waals surface area contributed by atoms with Crippen molar-refractivity contribution in [2.45, 2.75) is 90.6 Å². The van der Waals surface area contributed by atoms with Crippen molar-refractivity contribution in [2.75, 3.05) is 6.54 Å². The average molecular weight is 428 g/mol. The van der Waals surface area contributed by atoms with Crippen molar-refractivity contribution in [3.8, 4) is 11.5 Å². The zero-order chi connectivity index (χ0) is 22.4. The van der Waals surface area contributed by atoms with Gasteiger partial charge in [0, 0.05) is 11.5 Å². The molecule has 0 saturated heterocycles. The predicted molar refractivity (Wildman–Crippen MR) is 123 cm³/mol. The summed E-state index contributed by atoms with van der Waals surface area (Å²) in [5.41, 5.74) is 3.20. The van der Waals surface area contributed by atoms with Crippen molar-refractivity contribution in [1.29, 1.82) is 0 Å². The highest BCUT2D eigenvalue weighted by Gasteiger charge is 2.36. The molecule has 0 bridgehead atoms. The molecule has 0 aromatic heterocycles. The Labute approximate surface area is 186 Å². The summed E-state index contributed by atoms with van der Waals surface area (Å²) in [7, 11) is 0. The zero-order valence-electron chi connectivity index (χ0n) is 19.5. The standard InChI is InChI=1S/C26H37NO4/c1-5-6-7-8-19-14-22(30-24(29)16-27-17-28)25-21-13-18(2)9-10-20(21)11-12-26(3,4)31-23(25)15-19/h13-15,17,20-21H,5-12,16H2,1-4H3,(H,27,28)/t20-,21-/m1/s1. The summed E-state index contributed by atoms with van der Waals surface area (Å²) in [5, 5.41) is 2.41. The van der Waals surface area contributed by atoms with Crippen molar-refractivity contribution in [3.05, 3.63) is 34.9 Å². The quantitative estimate of drug-likeness (QED) is 0.197. The molecule has 0 unspecified atom stereocenters. The first kappa shape index (κ1) is 23.4. The van der Waals surface area contributed by atoms with Crippen LogP contribution < -0.4 is 14.8 Å². The van der Waals surface area contributed by atoms with Crippen LogP contribution in [0, 0.1) is 5.92 Å². The van der Waals surface area contributed by atoms with Crippen LogP contribution in [-0.4, -0.2) is 24.5 Å². The summed E-state index contributed by atoms with van der Waals surface area (Å²) in [6, 6.07) is 4.17. The molecule has 2 aliphatic rings. The van der Waals surface area contributed by atoms with Crippen LogP contribution in [0.5, 0.6) is 11.5 Å². The molecule has 170 valence electrons. The van der Waals surface area contributed by atoms with Crippen LogP contribution in [0.1, 0.15) is 89.7 Å². The molecule has 3 rings (SSSR count). The minimum atomic E-state index is -0.464. The van der Waals surface area contributed by atoms with Gasteiger partial charge < -0.3 is 14.8 Å². The van der Waals surface area contributed by atoms with Crippen LogP contribution >= 0.6 is 0 Å². The molecule has 1 aliphatic heterocycles. The highest BCUT2D eigenvalue weighted by Crippen LogP contribution is 2.49. The van der Waals surface area contributed by atoms with Crippen LogP contribution in [0.3, 0.4) is 0 Å². The van der Waals surface area contributed by atoms with Crippen molar-refractivity contribution in [3.63, 3.8) is 0 Å². The normalized spacial score (nSPS) is 22.0. The van der Waals surface area contributed by atoms with Crippen LogP contribution in [-0.2, 0) is 16.0 Å². The summed E-state index contributed by atoms with van der Waals surface area (Å²) >= 11 is 0. The number of fused-ring (bicyclic) bond motifs is 3. The van der Waals surface area contributed by atoms with E-state index in [1.165, 1.54) is 5.57 Å². The van der Waals surface area contributed by atoms with E-state index in [4.69, 9.17) is 9.47 Å². The summed E-state index contributed by atoms with van der Waals surface area (Å²) in [6.45, 7) is 8.51. The van der Waals surface area contributed by atoms with E-state index < -0.39 is 5.97 Å². The Balaban J connectivity index is 2.08. The highest BCUT2D eigenvalue weighted by molar-refractivity contribution is 5.77. The van der Waals surface area contributed by atoms with E-state index in [-0.39, 0.29) is 18.1 Å². The minimum absolute atomic E-state index is 0.145. The van der Waals surface area contributed by atoms with E-state index >= 15 is 0 Å². The predicted octanol–water partition coefficient (Wildman–Crippen LogP) is 5.46. The molecule has 1 aliphatic carbocycles. The van der Waals surface area contributed by atoms with Crippen LogP contribution in [0.2, 0.25) is 0 Å². The maximum atomic E-state index is 12.4. The number of esters is 1. The number of nitrogens with one attached hydrogen (secondary N) is 1. The topological polar surface area (TPSA) is 64.6 Å². The second kappa shape index (κ2) is 10.3. The molecule has 5 nitrogen and oxygen atoms in total. The van der Waals surface area contributed by atoms with Gasteiger partial charge >= 0.3 is 5.97 Å². The number of unbranched alkanes of at least 4 members (excludes halogenated alkanes) is 2. The van der Waals surface area contributed by atoms with E-state index in [0.717, 1.165) is 68.2 Å². The summed E-state index contributed by atoms with van der Waals surface area (Å²) in [5.74, 6) is 1.63. The molecular weight excluding hydrogens is 390 g/mol. The number of allylic oxidation sites excluding steroid dienone is 2. The number of aryl methyl sites for hydroxylation is 1. The molecule has 0 saturated carbocycles. The lowest BCUT2D eigenvalue weighted by Gasteiger charge is -2.39. The molecule has 0 radical (unpaired) electrons. The second-order valence-electron chi connectivity index (χ2n) is 9.67. The molecule has 1 amide bonds. The molecule has 1 aromatic rings. The number of hydrogen-bond donors (Lipinski definition) is 1. The number of ether oxygens (including phenoxy) is 2. The minimum Gasteiger partial charge on any atom is -0.487 e. The molecule has 1 N–H and O–H groups in total. The highest BCUT2D eigenvalue weighted by atomic mass is 16.5. The van der Waals surface area contributed by atoms with Crippen molar-refractivity contribution in [1.82, 2.24) is 5.32 Å². The lowest BCUT2D eigenvalue weighted by Crippen LogP contribution is -2.33. The van der Waals surface area contributed by atoms with Gasteiger partial charge in [-0.3, -0.25) is 4.79 Å². The Bertz CT molecular complexity index is 827. The Hall–Kier alpha value is -2.30. The largest absolute Gasteiger partial charge is 0.487 e. The lowest BCUT2D eigenvalue weighted by atomic mass is 9.72. The molecule has 1 heterocycles. The van der Waals surface area contributed by atoms with Crippen LogP contribution in [0.4, 0.5) is 0 Å². The number of hydrogen-bond acceptors (Lipinski definition) is 4. The van der Waals surface area contributed by atoms with Gasteiger partial charge in [0.25, 0.3) is 0 Å². The van der Waals surface area contributed by atoms with E-state index in [1.807, 2.05) is 6.07 Å². The number of amides is 1. The maximum Gasteiger partial charge on any atom is 0.330 e. The fourth-order valence-electron chi connectivity index (χ4n) is 4.80. The third kappa shape index (κ3) is 6.11. The lowest BCUT2D eigenvalue weighted by molar-refractivity contribution is -0.134. The number of benzene rings is 1. The fourth-order valence-corrected chi connectivity index (χ4v) is 4.80. The van der Waals surface area contributed by atoms with E-state index in [0.29, 0.717) is 18.1 Å². The number of rotatable bonds is 8. The van der Waals surface area contributed by atoms with Gasteiger partial charge in [0.15, 0.2) is 0 Å². The SMILES string of the molecule is CCCCCc1cc(OC(=O)CNC=O)c2c(c1)OC(C)(C)CC[C@H]1CCC(C)=C[C@@H]21. The fraction of sp³-hybridized carbons (Fsp3) is 0.615. The zero-order valence-corrected chi connectivity index (χ0v) is 19.5. The first-order valence-corrected chi connectivity index (χ1v) is 11.7. The summed E-state index contributed by atoms with van der Waals surface area (Å²) in [6.07, 6.45) is 11.5. The van der Waals surface area contributed by atoms with Crippen molar-refractivity contribution < 1.29 is 19.1 Å². The molecule has 0 spiro atoms. The van der Waals surface area contributed by atoms with Crippen molar-refractivity contribution in [2.24, 2.45) is 5.92 Å². The van der Waals surface area contributed by atoms with Crippen LogP contribution in [0.15, 0.2) is 23.8 Å². The molecule has 0 fully saturated rings. The number of carbonyl (C=O) groups is 2. The number of carbonyl (C=O) groups excluding carboxylic acids is 2. The maximum absolute atomic E-state index is 12.4.